The number of hydrogen-bond acceptors (Lipinski definition) is 4. The lowest BCUT2D eigenvalue weighted by molar-refractivity contribution is 0.0704. The molecule has 138 valence electrons. The van der Waals surface area contributed by atoms with E-state index < -0.39 is 0 Å². The Kier molecular flexibility index (Phi) is 4.34. The molecule has 26 heavy (non-hydrogen) atoms. The molecule has 2 atom stereocenters. The maximum Gasteiger partial charge on any atom is 0.410 e. The summed E-state index contributed by atoms with van der Waals surface area (Å²) in [6, 6.07) is 4.61. The molecule has 0 aromatic carbocycles. The predicted octanol–water partition coefficient (Wildman–Crippen LogP) is 3.42. The van der Waals surface area contributed by atoms with Gasteiger partial charge >= 0.3 is 6.09 Å². The molecular weight excluding hydrogens is 328 g/mol. The normalized spacial score (nSPS) is 22.3. The first-order chi connectivity index (χ1) is 12.6. The third kappa shape index (κ3) is 2.93. The third-order valence-electron chi connectivity index (χ3n) is 5.32. The molecule has 0 radical (unpaired) electrons. The fraction of sp³-hybridized carbons (Fsp3) is 0.500. The number of amides is 1. The van der Waals surface area contributed by atoms with Crippen molar-refractivity contribution in [2.24, 2.45) is 5.92 Å². The zero-order chi connectivity index (χ0) is 18.3. The first-order valence-electron chi connectivity index (χ1n) is 9.36. The van der Waals surface area contributed by atoms with E-state index >= 15 is 0 Å². The first kappa shape index (κ1) is 16.9. The summed E-state index contributed by atoms with van der Waals surface area (Å²) in [5.74, 6) is 0.358. The van der Waals surface area contributed by atoms with Crippen LogP contribution >= 0.6 is 0 Å². The third-order valence-corrected chi connectivity index (χ3v) is 5.32. The van der Waals surface area contributed by atoms with Crippen molar-refractivity contribution in [2.45, 2.75) is 38.8 Å². The second-order valence-electron chi connectivity index (χ2n) is 7.69. The maximum atomic E-state index is 12.5. The van der Waals surface area contributed by atoms with E-state index in [0.717, 1.165) is 37.0 Å². The van der Waals surface area contributed by atoms with Crippen molar-refractivity contribution < 1.29 is 9.53 Å². The standard InChI is InChI=1S/C20H26N4O2/c1-4-15-9-19-18(7-8-21-23(19)10-15)22-11-16-5-6-17(12-22)24(16)20(25)26-13-14(2)3/h4,7-10,14,16-17H,1,5-6,11-13H2,2-3H3. The lowest BCUT2D eigenvalue weighted by atomic mass is 10.1. The Hall–Kier alpha value is -2.50. The Balaban J connectivity index is 1.55. The van der Waals surface area contributed by atoms with Gasteiger partial charge in [0.05, 0.1) is 29.9 Å². The highest BCUT2D eigenvalue weighted by Crippen LogP contribution is 2.34. The fourth-order valence-electron chi connectivity index (χ4n) is 4.11. The molecule has 2 aliphatic heterocycles. The number of fused-ring (bicyclic) bond motifs is 3. The molecule has 4 heterocycles. The van der Waals surface area contributed by atoms with Gasteiger partial charge in [-0.2, -0.15) is 5.10 Å². The van der Waals surface area contributed by atoms with Gasteiger partial charge in [0.2, 0.25) is 0 Å². The SMILES string of the molecule is C=Cc1cc2c(N3CC4CCC(C3)N4C(=O)OCC(C)C)ccnn2c1. The second kappa shape index (κ2) is 6.67. The molecule has 0 spiro atoms. The lowest BCUT2D eigenvalue weighted by Gasteiger charge is -2.41. The predicted molar refractivity (Wildman–Crippen MR) is 102 cm³/mol. The van der Waals surface area contributed by atoms with Gasteiger partial charge in [-0.05, 0) is 36.5 Å². The average Bonchev–Trinajstić information content (AvgIpc) is 3.17. The Bertz CT molecular complexity index is 814. The molecule has 4 rings (SSSR count). The van der Waals surface area contributed by atoms with Gasteiger partial charge in [-0.25, -0.2) is 9.31 Å². The number of piperazine rings is 1. The molecular formula is C20H26N4O2. The van der Waals surface area contributed by atoms with Gasteiger partial charge < -0.3 is 9.64 Å². The van der Waals surface area contributed by atoms with Crippen LogP contribution in [0.4, 0.5) is 10.5 Å². The highest BCUT2D eigenvalue weighted by atomic mass is 16.6. The van der Waals surface area contributed by atoms with Gasteiger partial charge in [0.25, 0.3) is 0 Å². The molecule has 0 N–H and O–H groups in total. The maximum absolute atomic E-state index is 12.5. The van der Waals surface area contributed by atoms with Crippen molar-refractivity contribution in [1.82, 2.24) is 14.5 Å². The summed E-state index contributed by atoms with van der Waals surface area (Å²) >= 11 is 0. The van der Waals surface area contributed by atoms with Crippen molar-refractivity contribution >= 4 is 23.4 Å². The monoisotopic (exact) mass is 354 g/mol. The number of ether oxygens (including phenoxy) is 1. The number of nitrogens with zero attached hydrogens (tertiary/aromatic N) is 4. The summed E-state index contributed by atoms with van der Waals surface area (Å²) in [5.41, 5.74) is 3.31. The van der Waals surface area contributed by atoms with E-state index in [1.165, 1.54) is 5.69 Å². The van der Waals surface area contributed by atoms with E-state index in [0.29, 0.717) is 12.5 Å². The molecule has 0 aliphatic carbocycles. The van der Waals surface area contributed by atoms with Crippen LogP contribution in [0.25, 0.3) is 11.6 Å². The van der Waals surface area contributed by atoms with Crippen LogP contribution < -0.4 is 4.90 Å². The van der Waals surface area contributed by atoms with Crippen LogP contribution in [0.3, 0.4) is 0 Å². The number of aromatic nitrogens is 2. The Labute approximate surface area is 154 Å². The Morgan fingerprint density at radius 2 is 2.12 bits per heavy atom. The van der Waals surface area contributed by atoms with E-state index in [1.54, 1.807) is 0 Å². The van der Waals surface area contributed by atoms with Crippen LogP contribution in [0.1, 0.15) is 32.3 Å². The van der Waals surface area contributed by atoms with E-state index in [1.807, 2.05) is 27.9 Å². The minimum absolute atomic E-state index is 0.151. The second-order valence-corrected chi connectivity index (χ2v) is 7.69. The lowest BCUT2D eigenvalue weighted by Crippen LogP contribution is -2.56. The summed E-state index contributed by atoms with van der Waals surface area (Å²) in [5, 5.41) is 4.40. The van der Waals surface area contributed by atoms with Crippen molar-refractivity contribution in [3.8, 4) is 0 Å². The zero-order valence-electron chi connectivity index (χ0n) is 15.5. The number of carbonyl (C=O) groups excluding carboxylic acids is 1. The van der Waals surface area contributed by atoms with Crippen molar-refractivity contribution in [3.05, 3.63) is 36.7 Å². The molecule has 6 nitrogen and oxygen atoms in total. The largest absolute Gasteiger partial charge is 0.449 e. The van der Waals surface area contributed by atoms with Crippen LogP contribution in [-0.2, 0) is 4.74 Å². The molecule has 2 fully saturated rings. The summed E-state index contributed by atoms with van der Waals surface area (Å²) in [4.78, 5) is 16.9. The van der Waals surface area contributed by atoms with Gasteiger partial charge in [0, 0.05) is 25.5 Å². The van der Waals surface area contributed by atoms with Crippen molar-refractivity contribution in [1.29, 1.82) is 0 Å². The molecule has 2 aliphatic rings. The summed E-state index contributed by atoms with van der Waals surface area (Å²) < 4.78 is 7.40. The number of hydrogen-bond donors (Lipinski definition) is 0. The summed E-state index contributed by atoms with van der Waals surface area (Å²) in [6.45, 7) is 10.1. The van der Waals surface area contributed by atoms with E-state index in [-0.39, 0.29) is 18.2 Å². The van der Waals surface area contributed by atoms with Crippen LogP contribution in [0, 0.1) is 5.92 Å². The molecule has 2 saturated heterocycles. The zero-order valence-corrected chi connectivity index (χ0v) is 15.5. The molecule has 0 saturated carbocycles. The van der Waals surface area contributed by atoms with Crippen molar-refractivity contribution in [3.63, 3.8) is 0 Å². The Morgan fingerprint density at radius 1 is 1.38 bits per heavy atom. The topological polar surface area (TPSA) is 50.1 Å². The van der Waals surface area contributed by atoms with Gasteiger partial charge in [-0.3, -0.25) is 4.90 Å². The van der Waals surface area contributed by atoms with Gasteiger partial charge in [-0.1, -0.05) is 26.5 Å². The molecule has 2 unspecified atom stereocenters. The van der Waals surface area contributed by atoms with Crippen LogP contribution in [-0.4, -0.2) is 52.4 Å². The highest BCUT2D eigenvalue weighted by Gasteiger charge is 2.43. The molecule has 2 bridgehead atoms. The molecule has 6 heteroatoms. The van der Waals surface area contributed by atoms with Crippen LogP contribution in [0.15, 0.2) is 31.1 Å². The van der Waals surface area contributed by atoms with E-state index in [9.17, 15) is 4.79 Å². The minimum Gasteiger partial charge on any atom is -0.449 e. The molecule has 2 aromatic heterocycles. The van der Waals surface area contributed by atoms with Gasteiger partial charge in [0.1, 0.15) is 0 Å². The summed E-state index contributed by atoms with van der Waals surface area (Å²) in [6.07, 6.45) is 7.59. The number of rotatable bonds is 4. The first-order valence-corrected chi connectivity index (χ1v) is 9.36. The molecule has 2 aromatic rings. The fourth-order valence-corrected chi connectivity index (χ4v) is 4.11. The number of carbonyl (C=O) groups is 1. The summed E-state index contributed by atoms with van der Waals surface area (Å²) in [7, 11) is 0. The quantitative estimate of drug-likeness (QED) is 0.844. The van der Waals surface area contributed by atoms with Gasteiger partial charge in [0.15, 0.2) is 0 Å². The number of anilines is 1. The van der Waals surface area contributed by atoms with Crippen molar-refractivity contribution in [2.75, 3.05) is 24.6 Å². The van der Waals surface area contributed by atoms with E-state index in [4.69, 9.17) is 4.74 Å². The van der Waals surface area contributed by atoms with Crippen LogP contribution in [0.5, 0.6) is 0 Å². The average molecular weight is 354 g/mol. The molecule has 1 amide bonds. The van der Waals surface area contributed by atoms with Gasteiger partial charge in [-0.15, -0.1) is 0 Å². The minimum atomic E-state index is -0.151. The highest BCUT2D eigenvalue weighted by molar-refractivity contribution is 5.77. The van der Waals surface area contributed by atoms with Crippen LogP contribution in [0.2, 0.25) is 0 Å². The Morgan fingerprint density at radius 3 is 2.77 bits per heavy atom. The van der Waals surface area contributed by atoms with E-state index in [2.05, 4.69) is 42.6 Å². The smallest absolute Gasteiger partial charge is 0.410 e.